The SMILES string of the molecule is COCC(C)Oc1ccccc1C(=N)N. The molecule has 1 atom stereocenters. The summed E-state index contributed by atoms with van der Waals surface area (Å²) in [6.45, 7) is 2.41. The van der Waals surface area contributed by atoms with E-state index in [-0.39, 0.29) is 11.9 Å². The molecule has 0 fully saturated rings. The molecule has 1 rings (SSSR count). The quantitative estimate of drug-likeness (QED) is 0.567. The molecule has 1 unspecified atom stereocenters. The first-order valence-corrected chi connectivity index (χ1v) is 4.74. The second kappa shape index (κ2) is 5.36. The zero-order valence-corrected chi connectivity index (χ0v) is 8.99. The molecule has 0 amide bonds. The third kappa shape index (κ3) is 3.25. The van der Waals surface area contributed by atoms with Crippen LogP contribution in [-0.2, 0) is 4.74 Å². The van der Waals surface area contributed by atoms with Crippen LogP contribution in [0.15, 0.2) is 24.3 Å². The number of nitrogens with two attached hydrogens (primary N) is 1. The second-order valence-electron chi connectivity index (χ2n) is 3.29. The van der Waals surface area contributed by atoms with Gasteiger partial charge in [0.25, 0.3) is 0 Å². The molecule has 0 aliphatic heterocycles. The largest absolute Gasteiger partial charge is 0.488 e. The summed E-state index contributed by atoms with van der Waals surface area (Å²) in [4.78, 5) is 0. The fraction of sp³-hybridized carbons (Fsp3) is 0.364. The molecule has 0 radical (unpaired) electrons. The normalized spacial score (nSPS) is 12.1. The maximum Gasteiger partial charge on any atom is 0.130 e. The maximum atomic E-state index is 7.39. The van der Waals surface area contributed by atoms with Crippen molar-refractivity contribution in [3.05, 3.63) is 29.8 Å². The van der Waals surface area contributed by atoms with Gasteiger partial charge in [0.05, 0.1) is 12.2 Å². The molecule has 3 N–H and O–H groups in total. The summed E-state index contributed by atoms with van der Waals surface area (Å²) in [6.07, 6.45) is -0.0597. The van der Waals surface area contributed by atoms with E-state index in [4.69, 9.17) is 20.6 Å². The van der Waals surface area contributed by atoms with Crippen LogP contribution in [0.1, 0.15) is 12.5 Å². The molecule has 4 heteroatoms. The van der Waals surface area contributed by atoms with E-state index in [1.807, 2.05) is 19.1 Å². The molecule has 1 aromatic rings. The lowest BCUT2D eigenvalue weighted by Crippen LogP contribution is -2.20. The van der Waals surface area contributed by atoms with E-state index in [0.717, 1.165) is 0 Å². The third-order valence-corrected chi connectivity index (χ3v) is 1.91. The summed E-state index contributed by atoms with van der Waals surface area (Å²) < 4.78 is 10.6. The number of ether oxygens (including phenoxy) is 2. The van der Waals surface area contributed by atoms with Crippen molar-refractivity contribution < 1.29 is 9.47 Å². The highest BCUT2D eigenvalue weighted by Gasteiger charge is 2.09. The molecule has 0 bridgehead atoms. The van der Waals surface area contributed by atoms with Gasteiger partial charge < -0.3 is 15.2 Å². The molecule has 0 spiro atoms. The van der Waals surface area contributed by atoms with Gasteiger partial charge in [-0.05, 0) is 19.1 Å². The highest BCUT2D eigenvalue weighted by Crippen LogP contribution is 2.18. The van der Waals surface area contributed by atoms with E-state index in [9.17, 15) is 0 Å². The Morgan fingerprint density at radius 3 is 2.73 bits per heavy atom. The number of rotatable bonds is 5. The molecule has 0 aliphatic rings. The van der Waals surface area contributed by atoms with Crippen molar-refractivity contribution in [2.24, 2.45) is 5.73 Å². The summed E-state index contributed by atoms with van der Waals surface area (Å²) in [5, 5.41) is 7.39. The van der Waals surface area contributed by atoms with Crippen LogP contribution in [0.2, 0.25) is 0 Å². The number of nitrogens with one attached hydrogen (secondary N) is 1. The topological polar surface area (TPSA) is 68.3 Å². The fourth-order valence-electron chi connectivity index (χ4n) is 1.28. The van der Waals surface area contributed by atoms with Crippen LogP contribution >= 0.6 is 0 Å². The van der Waals surface area contributed by atoms with E-state index in [0.29, 0.717) is 17.9 Å². The Morgan fingerprint density at radius 1 is 1.47 bits per heavy atom. The van der Waals surface area contributed by atoms with Crippen LogP contribution < -0.4 is 10.5 Å². The van der Waals surface area contributed by atoms with Crippen LogP contribution in [0.5, 0.6) is 5.75 Å². The van der Waals surface area contributed by atoms with Gasteiger partial charge in [0.1, 0.15) is 17.7 Å². The summed E-state index contributed by atoms with van der Waals surface area (Å²) in [5.74, 6) is 0.629. The lowest BCUT2D eigenvalue weighted by Gasteiger charge is -2.16. The molecule has 0 saturated carbocycles. The Kier molecular flexibility index (Phi) is 4.12. The fourth-order valence-corrected chi connectivity index (χ4v) is 1.28. The molecule has 1 aromatic carbocycles. The molecule has 0 aromatic heterocycles. The van der Waals surface area contributed by atoms with Crippen molar-refractivity contribution in [1.29, 1.82) is 5.41 Å². The number of benzene rings is 1. The van der Waals surface area contributed by atoms with Crippen molar-refractivity contribution in [3.63, 3.8) is 0 Å². The first-order valence-electron chi connectivity index (χ1n) is 4.74. The van der Waals surface area contributed by atoms with Crippen molar-refractivity contribution in [2.45, 2.75) is 13.0 Å². The van der Waals surface area contributed by atoms with Crippen LogP contribution in [-0.4, -0.2) is 25.7 Å². The smallest absolute Gasteiger partial charge is 0.130 e. The Hall–Kier alpha value is -1.55. The van der Waals surface area contributed by atoms with Gasteiger partial charge in [0.2, 0.25) is 0 Å². The lowest BCUT2D eigenvalue weighted by molar-refractivity contribution is 0.0919. The van der Waals surface area contributed by atoms with Gasteiger partial charge in [-0.2, -0.15) is 0 Å². The first-order chi connectivity index (χ1) is 7.15. The van der Waals surface area contributed by atoms with Gasteiger partial charge in [0.15, 0.2) is 0 Å². The second-order valence-corrected chi connectivity index (χ2v) is 3.29. The molecular formula is C11H16N2O2. The predicted molar refractivity (Wildman–Crippen MR) is 59.4 cm³/mol. The Balaban J connectivity index is 2.79. The summed E-state index contributed by atoms with van der Waals surface area (Å²) in [5.41, 5.74) is 6.05. The van der Waals surface area contributed by atoms with Crippen LogP contribution in [0.4, 0.5) is 0 Å². The number of amidine groups is 1. The van der Waals surface area contributed by atoms with Crippen molar-refractivity contribution in [3.8, 4) is 5.75 Å². The Bertz CT molecular complexity index is 339. The number of hydrogen-bond donors (Lipinski definition) is 2. The zero-order valence-electron chi connectivity index (χ0n) is 8.99. The molecule has 82 valence electrons. The minimum Gasteiger partial charge on any atom is -0.488 e. The van der Waals surface area contributed by atoms with Gasteiger partial charge in [-0.15, -0.1) is 0 Å². The molecule has 15 heavy (non-hydrogen) atoms. The van der Waals surface area contributed by atoms with Gasteiger partial charge in [0, 0.05) is 7.11 Å². The van der Waals surface area contributed by atoms with Crippen molar-refractivity contribution in [2.75, 3.05) is 13.7 Å². The summed E-state index contributed by atoms with van der Waals surface area (Å²) >= 11 is 0. The van der Waals surface area contributed by atoms with Crippen LogP contribution in [0, 0.1) is 5.41 Å². The average molecular weight is 208 g/mol. The third-order valence-electron chi connectivity index (χ3n) is 1.91. The number of para-hydroxylation sites is 1. The maximum absolute atomic E-state index is 7.39. The minimum absolute atomic E-state index is 0.00946. The number of methoxy groups -OCH3 is 1. The Morgan fingerprint density at radius 2 is 2.13 bits per heavy atom. The highest BCUT2D eigenvalue weighted by atomic mass is 16.5. The van der Waals surface area contributed by atoms with Gasteiger partial charge >= 0.3 is 0 Å². The first kappa shape index (κ1) is 11.5. The molecule has 0 saturated heterocycles. The Labute approximate surface area is 89.5 Å². The van der Waals surface area contributed by atoms with E-state index in [1.165, 1.54) is 0 Å². The number of hydrogen-bond acceptors (Lipinski definition) is 3. The minimum atomic E-state index is -0.0597. The van der Waals surface area contributed by atoms with E-state index < -0.39 is 0 Å². The lowest BCUT2D eigenvalue weighted by atomic mass is 10.2. The summed E-state index contributed by atoms with van der Waals surface area (Å²) in [6, 6.07) is 7.23. The monoisotopic (exact) mass is 208 g/mol. The number of nitrogen functional groups attached to an aromatic ring is 1. The summed E-state index contributed by atoms with van der Waals surface area (Å²) in [7, 11) is 1.62. The highest BCUT2D eigenvalue weighted by molar-refractivity contribution is 5.97. The molecular weight excluding hydrogens is 192 g/mol. The predicted octanol–water partition coefficient (Wildman–Crippen LogP) is 1.38. The molecule has 4 nitrogen and oxygen atoms in total. The van der Waals surface area contributed by atoms with Gasteiger partial charge in [-0.3, -0.25) is 5.41 Å². The standard InChI is InChI=1S/C11H16N2O2/c1-8(7-14-2)15-10-6-4-3-5-9(10)11(12)13/h3-6,8H,7H2,1-2H3,(H3,12,13). The van der Waals surface area contributed by atoms with Crippen LogP contribution in [0.25, 0.3) is 0 Å². The van der Waals surface area contributed by atoms with Gasteiger partial charge in [-0.1, -0.05) is 12.1 Å². The van der Waals surface area contributed by atoms with E-state index in [1.54, 1.807) is 19.2 Å². The van der Waals surface area contributed by atoms with E-state index >= 15 is 0 Å². The molecule has 0 heterocycles. The van der Waals surface area contributed by atoms with Gasteiger partial charge in [-0.25, -0.2) is 0 Å². The van der Waals surface area contributed by atoms with Crippen LogP contribution in [0.3, 0.4) is 0 Å². The van der Waals surface area contributed by atoms with E-state index in [2.05, 4.69) is 0 Å². The van der Waals surface area contributed by atoms with Crippen molar-refractivity contribution in [1.82, 2.24) is 0 Å². The van der Waals surface area contributed by atoms with Crippen molar-refractivity contribution >= 4 is 5.84 Å². The zero-order chi connectivity index (χ0) is 11.3. The average Bonchev–Trinajstić information content (AvgIpc) is 2.18. The molecule has 0 aliphatic carbocycles.